The second kappa shape index (κ2) is 29.1. The Morgan fingerprint density at radius 1 is 0.761 bits per heavy atom. The van der Waals surface area contributed by atoms with Gasteiger partial charge in [0.2, 0.25) is 5.91 Å². The number of unbranched alkanes of at least 4 members (excludes halogenated alkanes) is 6. The number of quaternary nitrogens is 1. The summed E-state index contributed by atoms with van der Waals surface area (Å²) in [6.07, 6.45) is 36.9. The van der Waals surface area contributed by atoms with Crippen molar-refractivity contribution in [1.82, 2.24) is 5.32 Å². The molecular weight excluding hydrogens is 599 g/mol. The fourth-order valence-electron chi connectivity index (χ4n) is 4.09. The minimum Gasteiger partial charge on any atom is -0.387 e. The van der Waals surface area contributed by atoms with Gasteiger partial charge in [0.1, 0.15) is 13.2 Å². The van der Waals surface area contributed by atoms with E-state index in [0.717, 1.165) is 77.0 Å². The first-order valence-electron chi connectivity index (χ1n) is 17.3. The van der Waals surface area contributed by atoms with Crippen LogP contribution in [0.3, 0.4) is 0 Å². The maximum atomic E-state index is 12.7. The molecule has 0 aromatic rings. The van der Waals surface area contributed by atoms with Gasteiger partial charge in [-0.05, 0) is 70.6 Å². The quantitative estimate of drug-likeness (QED) is 0.0320. The molecule has 8 nitrogen and oxygen atoms in total. The summed E-state index contributed by atoms with van der Waals surface area (Å²) in [5.74, 6) is -0.228. The van der Waals surface area contributed by atoms with Gasteiger partial charge in [-0.1, -0.05) is 99.6 Å². The van der Waals surface area contributed by atoms with Crippen molar-refractivity contribution in [2.24, 2.45) is 0 Å². The Labute approximate surface area is 281 Å². The van der Waals surface area contributed by atoms with Gasteiger partial charge < -0.3 is 19.8 Å². The van der Waals surface area contributed by atoms with Gasteiger partial charge in [0.25, 0.3) is 0 Å². The van der Waals surface area contributed by atoms with Gasteiger partial charge in [-0.15, -0.1) is 0 Å². The van der Waals surface area contributed by atoms with Gasteiger partial charge in [0, 0.05) is 6.42 Å². The van der Waals surface area contributed by atoms with E-state index in [2.05, 4.69) is 79.9 Å². The number of amides is 1. The highest BCUT2D eigenvalue weighted by atomic mass is 31.2. The standard InChI is InChI=1S/C37H65N2O6P/c1-6-8-10-12-14-16-18-19-21-23-25-27-29-31-37(41)38-35(34-45-46(42,43)44-33-32-39(3,4)5)36(40)30-28-26-24-22-20-17-15-13-11-9-7-2/h8,10-11,13-14,16,19-22,28,30,35-36,40H,6-7,9,12,15,17-18,23-27,29,31-34H2,1-5H3,(H-,38,41,42,43)/p+1/b10-8-,13-11+,16-14-,21-19-,22-20+,30-28+. The Morgan fingerprint density at radius 2 is 1.33 bits per heavy atom. The summed E-state index contributed by atoms with van der Waals surface area (Å²) >= 11 is 0. The van der Waals surface area contributed by atoms with Crippen LogP contribution in [0.2, 0.25) is 0 Å². The Kier molecular flexibility index (Phi) is 27.8. The number of rotatable bonds is 29. The Morgan fingerprint density at radius 3 is 1.93 bits per heavy atom. The van der Waals surface area contributed by atoms with Gasteiger partial charge >= 0.3 is 7.82 Å². The van der Waals surface area contributed by atoms with Crippen LogP contribution in [-0.4, -0.2) is 73.4 Å². The van der Waals surface area contributed by atoms with E-state index < -0.39 is 20.0 Å². The first-order chi connectivity index (χ1) is 22.0. The molecule has 0 aromatic heterocycles. The Balaban J connectivity index is 4.74. The average Bonchev–Trinajstić information content (AvgIpc) is 2.99. The summed E-state index contributed by atoms with van der Waals surface area (Å²) in [4.78, 5) is 22.9. The summed E-state index contributed by atoms with van der Waals surface area (Å²) in [6, 6.07) is -0.884. The number of hydrogen-bond acceptors (Lipinski definition) is 5. The number of phosphoric acid groups is 1. The molecule has 0 aliphatic heterocycles. The van der Waals surface area contributed by atoms with Crippen molar-refractivity contribution in [3.63, 3.8) is 0 Å². The molecule has 0 bridgehead atoms. The van der Waals surface area contributed by atoms with E-state index in [1.807, 2.05) is 27.2 Å². The highest BCUT2D eigenvalue weighted by Gasteiger charge is 2.27. The molecule has 0 aliphatic carbocycles. The number of phosphoric ester groups is 1. The average molecular weight is 666 g/mol. The lowest BCUT2D eigenvalue weighted by Gasteiger charge is -2.25. The number of aliphatic hydroxyl groups is 1. The summed E-state index contributed by atoms with van der Waals surface area (Å²) in [5, 5.41) is 13.6. The van der Waals surface area contributed by atoms with Crippen molar-refractivity contribution < 1.29 is 32.9 Å². The van der Waals surface area contributed by atoms with Crippen LogP contribution >= 0.6 is 7.82 Å². The zero-order chi connectivity index (χ0) is 34.4. The molecule has 3 unspecified atom stereocenters. The van der Waals surface area contributed by atoms with Gasteiger partial charge in [-0.3, -0.25) is 13.8 Å². The van der Waals surface area contributed by atoms with Crippen molar-refractivity contribution in [1.29, 1.82) is 0 Å². The van der Waals surface area contributed by atoms with Crippen LogP contribution in [0.5, 0.6) is 0 Å². The molecule has 0 spiro atoms. The second-order valence-corrected chi connectivity index (χ2v) is 13.9. The Bertz CT molecular complexity index is 981. The molecule has 0 aromatic carbocycles. The Hall–Kier alpha value is -2.06. The number of hydrogen-bond donors (Lipinski definition) is 3. The normalized spacial score (nSPS) is 15.7. The smallest absolute Gasteiger partial charge is 0.387 e. The molecule has 0 aliphatic rings. The predicted octanol–water partition coefficient (Wildman–Crippen LogP) is 8.51. The third-order valence-electron chi connectivity index (χ3n) is 6.87. The van der Waals surface area contributed by atoms with E-state index in [9.17, 15) is 19.4 Å². The van der Waals surface area contributed by atoms with Crippen LogP contribution in [0.1, 0.15) is 104 Å². The van der Waals surface area contributed by atoms with Gasteiger partial charge in [-0.25, -0.2) is 4.57 Å². The second-order valence-electron chi connectivity index (χ2n) is 12.5. The number of likely N-dealkylation sites (N-methyl/N-ethyl adjacent to an activating group) is 1. The van der Waals surface area contributed by atoms with E-state index in [-0.39, 0.29) is 19.1 Å². The molecule has 0 radical (unpaired) electrons. The van der Waals surface area contributed by atoms with Gasteiger partial charge in [-0.2, -0.15) is 0 Å². The third-order valence-corrected chi connectivity index (χ3v) is 7.85. The molecule has 0 saturated carbocycles. The molecule has 46 heavy (non-hydrogen) atoms. The van der Waals surface area contributed by atoms with E-state index in [1.165, 1.54) is 6.42 Å². The first kappa shape index (κ1) is 43.9. The number of allylic oxidation sites excluding steroid dienone is 11. The highest BCUT2D eigenvalue weighted by Crippen LogP contribution is 2.43. The van der Waals surface area contributed by atoms with Crippen molar-refractivity contribution in [3.05, 3.63) is 72.9 Å². The maximum absolute atomic E-state index is 12.7. The van der Waals surface area contributed by atoms with Crippen LogP contribution < -0.4 is 5.32 Å². The number of nitrogens with zero attached hydrogens (tertiary/aromatic N) is 1. The third kappa shape index (κ3) is 30.6. The molecule has 9 heteroatoms. The largest absolute Gasteiger partial charge is 0.472 e. The molecule has 0 rings (SSSR count). The number of aliphatic hydroxyl groups excluding tert-OH is 1. The minimum atomic E-state index is -4.35. The van der Waals surface area contributed by atoms with Gasteiger partial charge in [0.15, 0.2) is 0 Å². The zero-order valence-corrected chi connectivity index (χ0v) is 30.4. The summed E-state index contributed by atoms with van der Waals surface area (Å²) in [6.45, 7) is 4.51. The van der Waals surface area contributed by atoms with Crippen molar-refractivity contribution >= 4 is 13.7 Å². The first-order valence-corrected chi connectivity index (χ1v) is 18.8. The maximum Gasteiger partial charge on any atom is 0.472 e. The molecule has 3 atom stereocenters. The zero-order valence-electron chi connectivity index (χ0n) is 29.5. The lowest BCUT2D eigenvalue weighted by Crippen LogP contribution is -2.45. The topological polar surface area (TPSA) is 105 Å². The lowest BCUT2D eigenvalue weighted by molar-refractivity contribution is -0.870. The fraction of sp³-hybridized carbons (Fsp3) is 0.649. The molecule has 1 amide bonds. The van der Waals surface area contributed by atoms with Crippen LogP contribution in [0.15, 0.2) is 72.9 Å². The minimum absolute atomic E-state index is 0.0435. The van der Waals surface area contributed by atoms with E-state index in [1.54, 1.807) is 6.08 Å². The SMILES string of the molecule is CC/C=C\C/C=C\C/C=C\CCCCCC(=O)NC(COP(=O)(O)OCC[N+](C)(C)C)C(O)/C=C/CC/C=C/CC/C=C/CCC. The molecule has 0 saturated heterocycles. The predicted molar refractivity (Wildman–Crippen MR) is 193 cm³/mol. The number of carbonyl (C=O) groups is 1. The fourth-order valence-corrected chi connectivity index (χ4v) is 4.83. The number of carbonyl (C=O) groups excluding carboxylic acids is 1. The molecular formula is C37H66N2O6P+. The van der Waals surface area contributed by atoms with Crippen molar-refractivity contribution in [2.45, 2.75) is 116 Å². The summed E-state index contributed by atoms with van der Waals surface area (Å²) in [7, 11) is 1.50. The molecule has 0 fully saturated rings. The molecule has 0 heterocycles. The lowest BCUT2D eigenvalue weighted by atomic mass is 10.1. The van der Waals surface area contributed by atoms with Crippen LogP contribution in [0.4, 0.5) is 0 Å². The van der Waals surface area contributed by atoms with E-state index >= 15 is 0 Å². The van der Waals surface area contributed by atoms with Crippen LogP contribution in [0.25, 0.3) is 0 Å². The van der Waals surface area contributed by atoms with Crippen molar-refractivity contribution in [3.8, 4) is 0 Å². The van der Waals surface area contributed by atoms with Crippen LogP contribution in [-0.2, 0) is 18.4 Å². The summed E-state index contributed by atoms with van der Waals surface area (Å²) < 4.78 is 23.3. The monoisotopic (exact) mass is 665 g/mol. The van der Waals surface area contributed by atoms with Crippen LogP contribution in [0, 0.1) is 0 Å². The van der Waals surface area contributed by atoms with Gasteiger partial charge in [0.05, 0.1) is 39.9 Å². The summed E-state index contributed by atoms with van der Waals surface area (Å²) in [5.41, 5.74) is 0. The molecule has 264 valence electrons. The van der Waals surface area contributed by atoms with E-state index in [0.29, 0.717) is 17.4 Å². The highest BCUT2D eigenvalue weighted by molar-refractivity contribution is 7.47. The van der Waals surface area contributed by atoms with Crippen molar-refractivity contribution in [2.75, 3.05) is 40.9 Å². The molecule has 3 N–H and O–H groups in total. The number of nitrogens with one attached hydrogen (secondary N) is 1. The van der Waals surface area contributed by atoms with E-state index in [4.69, 9.17) is 9.05 Å².